The number of urea groups is 1. The fourth-order valence-electron chi connectivity index (χ4n) is 3.97. The van der Waals surface area contributed by atoms with Gasteiger partial charge in [0.2, 0.25) is 11.9 Å². The summed E-state index contributed by atoms with van der Waals surface area (Å²) in [4.78, 5) is 44.4. The maximum absolute atomic E-state index is 13.2. The molecule has 2 aliphatic rings. The predicted molar refractivity (Wildman–Crippen MR) is 108 cm³/mol. The van der Waals surface area contributed by atoms with Crippen molar-refractivity contribution >= 4 is 29.5 Å². The maximum Gasteiger partial charge on any atom is 0.402 e. The number of nitrogens with zero attached hydrogens (tertiary/aromatic N) is 5. The summed E-state index contributed by atoms with van der Waals surface area (Å²) in [5.74, 6) is 1.09. The van der Waals surface area contributed by atoms with Crippen molar-refractivity contribution in [2.75, 3.05) is 20.7 Å². The van der Waals surface area contributed by atoms with Crippen LogP contribution < -0.4 is 9.30 Å². The predicted octanol–water partition coefficient (Wildman–Crippen LogP) is 1.52. The van der Waals surface area contributed by atoms with Gasteiger partial charge in [-0.3, -0.25) is 19.4 Å². The van der Waals surface area contributed by atoms with Crippen LogP contribution in [0.4, 0.5) is 10.7 Å². The van der Waals surface area contributed by atoms with E-state index in [-0.39, 0.29) is 12.3 Å². The largest absolute Gasteiger partial charge is 0.497 e. The first-order valence-electron chi connectivity index (χ1n) is 9.65. The second-order valence-corrected chi connectivity index (χ2v) is 7.62. The lowest BCUT2D eigenvalue weighted by Crippen LogP contribution is -2.58. The average Bonchev–Trinajstić information content (AvgIpc) is 3.22. The molecule has 0 aliphatic carbocycles. The van der Waals surface area contributed by atoms with Crippen molar-refractivity contribution in [2.45, 2.75) is 33.4 Å². The molecule has 0 N–H and O–H groups in total. The van der Waals surface area contributed by atoms with Gasteiger partial charge in [0.25, 0.3) is 5.91 Å². The van der Waals surface area contributed by atoms with E-state index in [1.165, 1.54) is 11.8 Å². The molecule has 4 rings (SSSR count). The second kappa shape index (κ2) is 7.08. The molecule has 0 spiro atoms. The SMILES string of the molecule is COc1ccc(C[n+]2c(C)c(C)n3c2N=C2C3C(=O)N(CC(C)=O)C(=O)N2C)cc1. The van der Waals surface area contributed by atoms with Crippen LogP contribution in [0, 0.1) is 13.8 Å². The number of rotatable bonds is 5. The molecule has 9 heteroatoms. The van der Waals surface area contributed by atoms with Gasteiger partial charge in [0.05, 0.1) is 20.2 Å². The topological polar surface area (TPSA) is 88.1 Å². The van der Waals surface area contributed by atoms with Crippen LogP contribution in [0.25, 0.3) is 0 Å². The van der Waals surface area contributed by atoms with Crippen molar-refractivity contribution < 1.29 is 23.7 Å². The van der Waals surface area contributed by atoms with Crippen molar-refractivity contribution in [1.82, 2.24) is 14.4 Å². The number of hydrogen-bond donors (Lipinski definition) is 0. The number of benzene rings is 1. The van der Waals surface area contributed by atoms with Crippen molar-refractivity contribution in [3.63, 3.8) is 0 Å². The van der Waals surface area contributed by atoms with E-state index in [1.54, 1.807) is 14.2 Å². The number of Topliss-reactive ketones (excluding diaryl/α,β-unsaturated/α-hetero) is 1. The molecule has 9 nitrogen and oxygen atoms in total. The van der Waals surface area contributed by atoms with Crippen LogP contribution in [0.2, 0.25) is 0 Å². The third-order valence-corrected chi connectivity index (χ3v) is 5.71. The van der Waals surface area contributed by atoms with Gasteiger partial charge in [-0.05, 0) is 38.5 Å². The smallest absolute Gasteiger partial charge is 0.402 e. The number of fused-ring (bicyclic) bond motifs is 3. The number of imide groups is 1. The number of amidine groups is 1. The molecule has 1 aromatic heterocycles. The Morgan fingerprint density at radius 1 is 1.20 bits per heavy atom. The Balaban J connectivity index is 1.77. The molecule has 30 heavy (non-hydrogen) atoms. The van der Waals surface area contributed by atoms with E-state index >= 15 is 0 Å². The lowest BCUT2D eigenvalue weighted by molar-refractivity contribution is -0.680. The summed E-state index contributed by atoms with van der Waals surface area (Å²) in [6.45, 7) is 5.59. The van der Waals surface area contributed by atoms with Gasteiger partial charge < -0.3 is 4.74 Å². The van der Waals surface area contributed by atoms with E-state index in [9.17, 15) is 14.4 Å². The Labute approximate surface area is 174 Å². The molecular weight excluding hydrogens is 386 g/mol. The highest BCUT2D eigenvalue weighted by Gasteiger charge is 2.54. The maximum atomic E-state index is 13.2. The van der Waals surface area contributed by atoms with Gasteiger partial charge >= 0.3 is 12.0 Å². The summed E-state index contributed by atoms with van der Waals surface area (Å²) in [7, 11) is 3.20. The number of hydrogen-bond acceptors (Lipinski definition) is 5. The molecule has 1 saturated heterocycles. The van der Waals surface area contributed by atoms with Crippen LogP contribution in [0.15, 0.2) is 29.3 Å². The second-order valence-electron chi connectivity index (χ2n) is 7.62. The molecule has 1 fully saturated rings. The summed E-state index contributed by atoms with van der Waals surface area (Å²) in [6, 6.07) is 6.47. The van der Waals surface area contributed by atoms with Gasteiger partial charge in [-0.1, -0.05) is 17.1 Å². The van der Waals surface area contributed by atoms with E-state index in [4.69, 9.17) is 4.74 Å². The van der Waals surface area contributed by atoms with Gasteiger partial charge in [0.1, 0.15) is 22.9 Å². The molecule has 156 valence electrons. The number of aromatic nitrogens is 2. The van der Waals surface area contributed by atoms with E-state index in [0.717, 1.165) is 27.6 Å². The Bertz CT molecular complexity index is 1100. The average molecular weight is 410 g/mol. The summed E-state index contributed by atoms with van der Waals surface area (Å²) in [5, 5.41) is 0. The monoisotopic (exact) mass is 410 g/mol. The quantitative estimate of drug-likeness (QED) is 0.699. The van der Waals surface area contributed by atoms with Crippen molar-refractivity contribution in [1.29, 1.82) is 0 Å². The van der Waals surface area contributed by atoms with E-state index in [1.807, 2.05) is 47.2 Å². The Kier molecular flexibility index (Phi) is 4.68. The van der Waals surface area contributed by atoms with Crippen molar-refractivity contribution in [3.05, 3.63) is 41.2 Å². The highest BCUT2D eigenvalue weighted by atomic mass is 16.5. The van der Waals surface area contributed by atoms with E-state index in [2.05, 4.69) is 4.99 Å². The van der Waals surface area contributed by atoms with Gasteiger partial charge in [-0.2, -0.15) is 0 Å². The normalized spacial score (nSPS) is 17.8. The Morgan fingerprint density at radius 3 is 2.47 bits per heavy atom. The molecule has 1 atom stereocenters. The van der Waals surface area contributed by atoms with Crippen molar-refractivity contribution in [2.24, 2.45) is 4.99 Å². The first-order valence-corrected chi connectivity index (χ1v) is 9.65. The number of ether oxygens (including phenoxy) is 1. The molecule has 0 saturated carbocycles. The minimum atomic E-state index is -0.752. The van der Waals surface area contributed by atoms with Crippen LogP contribution in [-0.4, -0.2) is 58.6 Å². The molecule has 0 radical (unpaired) electrons. The lowest BCUT2D eigenvalue weighted by Gasteiger charge is -2.32. The molecule has 3 heterocycles. The standard InChI is InChI=1S/C21H24N5O4/c1-12(27)10-25-19(28)17-18(23(4)21(25)29)22-20-24(13(2)14(3)26(17)20)11-15-6-8-16(30-5)9-7-15/h6-9,17H,10-11H2,1-5H3/q+1. The van der Waals surface area contributed by atoms with E-state index in [0.29, 0.717) is 18.3 Å². The number of ketones is 1. The third-order valence-electron chi connectivity index (χ3n) is 5.71. The third kappa shape index (κ3) is 2.89. The zero-order chi connectivity index (χ0) is 21.7. The highest BCUT2D eigenvalue weighted by molar-refractivity contribution is 6.21. The molecule has 3 amide bonds. The van der Waals surface area contributed by atoms with Crippen LogP contribution in [0.1, 0.15) is 29.9 Å². The summed E-state index contributed by atoms with van der Waals surface area (Å²) in [6.07, 6.45) is 0. The van der Waals surface area contributed by atoms with Crippen LogP contribution in [0.5, 0.6) is 5.75 Å². The number of methoxy groups -OCH3 is 1. The van der Waals surface area contributed by atoms with E-state index < -0.39 is 18.0 Å². The number of imidazole rings is 1. The molecule has 1 aromatic carbocycles. The van der Waals surface area contributed by atoms with Crippen LogP contribution >= 0.6 is 0 Å². The van der Waals surface area contributed by atoms with Crippen molar-refractivity contribution in [3.8, 4) is 5.75 Å². The first kappa shape index (κ1) is 19.8. The Morgan fingerprint density at radius 2 is 1.87 bits per heavy atom. The van der Waals surface area contributed by atoms with Gasteiger partial charge in [-0.25, -0.2) is 13.9 Å². The number of carbonyl (C=O) groups excluding carboxylic acids is 3. The fraction of sp³-hybridized carbons (Fsp3) is 0.381. The summed E-state index contributed by atoms with van der Waals surface area (Å²) in [5.41, 5.74) is 2.93. The minimum Gasteiger partial charge on any atom is -0.497 e. The first-order chi connectivity index (χ1) is 14.2. The fourth-order valence-corrected chi connectivity index (χ4v) is 3.97. The number of aliphatic imine (C=N–C) groups is 1. The minimum absolute atomic E-state index is 0.244. The van der Waals surface area contributed by atoms with Gasteiger partial charge in [0.15, 0.2) is 0 Å². The lowest BCUT2D eigenvalue weighted by atomic mass is 10.1. The Hall–Kier alpha value is -3.49. The number of likely N-dealkylation sites (N-methyl/N-ethyl adjacent to an activating group) is 1. The van der Waals surface area contributed by atoms with Crippen LogP contribution in [-0.2, 0) is 16.1 Å². The molecule has 2 aliphatic heterocycles. The molecule has 1 unspecified atom stereocenters. The summed E-state index contributed by atoms with van der Waals surface area (Å²) >= 11 is 0. The van der Waals surface area contributed by atoms with Gasteiger partial charge in [-0.15, -0.1) is 0 Å². The summed E-state index contributed by atoms with van der Waals surface area (Å²) < 4.78 is 9.11. The number of amides is 3. The molecule has 0 bridgehead atoms. The zero-order valence-electron chi connectivity index (χ0n) is 17.7. The molecule has 2 aromatic rings. The van der Waals surface area contributed by atoms with Gasteiger partial charge in [0, 0.05) is 7.05 Å². The van der Waals surface area contributed by atoms with Crippen LogP contribution in [0.3, 0.4) is 0 Å². The number of carbonyl (C=O) groups is 3. The molecular formula is C21H24N5O4+. The highest BCUT2D eigenvalue weighted by Crippen LogP contribution is 2.35. The zero-order valence-corrected chi connectivity index (χ0v) is 17.7.